The van der Waals surface area contributed by atoms with Crippen LogP contribution in [-0.2, 0) is 9.59 Å². The van der Waals surface area contributed by atoms with Gasteiger partial charge in [0.1, 0.15) is 19.0 Å². The van der Waals surface area contributed by atoms with Gasteiger partial charge in [0.25, 0.3) is 11.7 Å². The highest BCUT2D eigenvalue weighted by molar-refractivity contribution is 6.46. The molecular weight excluding hydrogens is 414 g/mol. The minimum atomic E-state index is -0.780. The number of likely N-dealkylation sites (tertiary alicyclic amines) is 1. The van der Waals surface area contributed by atoms with Gasteiger partial charge in [0.05, 0.1) is 25.3 Å². The van der Waals surface area contributed by atoms with Crippen LogP contribution in [0.2, 0.25) is 0 Å². The predicted molar refractivity (Wildman–Crippen MR) is 116 cm³/mol. The highest BCUT2D eigenvalue weighted by Gasteiger charge is 2.44. The summed E-state index contributed by atoms with van der Waals surface area (Å²) in [6.45, 7) is 3.37. The Morgan fingerprint density at radius 2 is 1.84 bits per heavy atom. The quantitative estimate of drug-likeness (QED) is 0.419. The third-order valence-corrected chi connectivity index (χ3v) is 5.46. The first-order chi connectivity index (χ1) is 15.5. The molecule has 4 rings (SSSR count). The van der Waals surface area contributed by atoms with Crippen LogP contribution in [0.15, 0.2) is 42.0 Å². The van der Waals surface area contributed by atoms with Crippen molar-refractivity contribution in [1.82, 2.24) is 4.90 Å². The zero-order chi connectivity index (χ0) is 22.8. The van der Waals surface area contributed by atoms with Gasteiger partial charge in [0, 0.05) is 12.6 Å². The van der Waals surface area contributed by atoms with E-state index in [9.17, 15) is 14.7 Å². The molecule has 2 aromatic carbocycles. The Bertz CT molecular complexity index is 1090. The van der Waals surface area contributed by atoms with E-state index in [-0.39, 0.29) is 11.3 Å². The van der Waals surface area contributed by atoms with Crippen LogP contribution in [0.1, 0.15) is 30.5 Å². The summed E-state index contributed by atoms with van der Waals surface area (Å²) in [6, 6.07) is 9.34. The molecule has 2 aliphatic heterocycles. The Balaban J connectivity index is 1.78. The maximum atomic E-state index is 12.8. The monoisotopic (exact) mass is 439 g/mol. The zero-order valence-corrected chi connectivity index (χ0v) is 18.2. The van der Waals surface area contributed by atoms with E-state index < -0.39 is 17.7 Å². The summed E-state index contributed by atoms with van der Waals surface area (Å²) in [6.07, 6.45) is 0.843. The fourth-order valence-corrected chi connectivity index (χ4v) is 3.87. The second-order valence-electron chi connectivity index (χ2n) is 7.53. The lowest BCUT2D eigenvalue weighted by Crippen LogP contribution is -2.24. The second kappa shape index (κ2) is 8.82. The molecule has 8 heteroatoms. The van der Waals surface area contributed by atoms with Crippen molar-refractivity contribution in [1.29, 1.82) is 0 Å². The van der Waals surface area contributed by atoms with E-state index in [0.29, 0.717) is 53.9 Å². The van der Waals surface area contributed by atoms with Crippen LogP contribution in [0.5, 0.6) is 23.0 Å². The largest absolute Gasteiger partial charge is 0.507 e. The third kappa shape index (κ3) is 3.72. The second-order valence-corrected chi connectivity index (χ2v) is 7.53. The molecule has 0 radical (unpaired) electrons. The number of ether oxygens (including phenoxy) is 4. The molecule has 0 aromatic heterocycles. The highest BCUT2D eigenvalue weighted by Crippen LogP contribution is 2.42. The van der Waals surface area contributed by atoms with E-state index in [1.165, 1.54) is 19.1 Å². The van der Waals surface area contributed by atoms with Crippen molar-refractivity contribution in [2.45, 2.75) is 19.4 Å². The molecule has 32 heavy (non-hydrogen) atoms. The van der Waals surface area contributed by atoms with E-state index >= 15 is 0 Å². The Labute approximate surface area is 185 Å². The van der Waals surface area contributed by atoms with Gasteiger partial charge in [-0.15, -0.1) is 0 Å². The van der Waals surface area contributed by atoms with Crippen molar-refractivity contribution in [3.63, 3.8) is 0 Å². The number of aliphatic hydroxyl groups excluding tert-OH is 1. The molecular formula is C24H25NO7. The Morgan fingerprint density at radius 1 is 1.09 bits per heavy atom. The Hall–Kier alpha value is -3.68. The van der Waals surface area contributed by atoms with E-state index in [1.807, 2.05) is 6.92 Å². The molecule has 1 amide bonds. The number of amides is 1. The number of aliphatic hydroxyl groups is 1. The van der Waals surface area contributed by atoms with E-state index in [1.54, 1.807) is 36.4 Å². The molecule has 2 heterocycles. The van der Waals surface area contributed by atoms with Crippen molar-refractivity contribution < 1.29 is 33.6 Å². The number of rotatable bonds is 6. The number of ketones is 1. The average Bonchev–Trinajstić information content (AvgIpc) is 3.05. The lowest BCUT2D eigenvalue weighted by atomic mass is 9.95. The Morgan fingerprint density at radius 3 is 2.56 bits per heavy atom. The first kappa shape index (κ1) is 21.5. The zero-order valence-electron chi connectivity index (χ0n) is 18.2. The molecule has 1 atom stereocenters. The molecule has 2 aliphatic rings. The van der Waals surface area contributed by atoms with Crippen LogP contribution in [0.3, 0.4) is 0 Å². The highest BCUT2D eigenvalue weighted by atomic mass is 16.6. The van der Waals surface area contributed by atoms with Crippen molar-refractivity contribution in [3.8, 4) is 23.0 Å². The molecule has 1 unspecified atom stereocenters. The molecule has 0 bridgehead atoms. The van der Waals surface area contributed by atoms with Gasteiger partial charge in [-0.1, -0.05) is 13.0 Å². The summed E-state index contributed by atoms with van der Waals surface area (Å²) in [5, 5.41) is 11.1. The molecule has 1 fully saturated rings. The van der Waals surface area contributed by atoms with Gasteiger partial charge in [0.15, 0.2) is 23.0 Å². The smallest absolute Gasteiger partial charge is 0.295 e. The van der Waals surface area contributed by atoms with E-state index in [4.69, 9.17) is 18.9 Å². The fourth-order valence-electron chi connectivity index (χ4n) is 3.87. The average molecular weight is 439 g/mol. The van der Waals surface area contributed by atoms with Crippen LogP contribution in [0.25, 0.3) is 5.76 Å². The normalized spacial score (nSPS) is 19.2. The Kier molecular flexibility index (Phi) is 5.94. The standard InChI is InChI=1S/C24H25NO7/c1-4-9-30-16-7-5-14(12-18(16)29-3)21-20(23(27)24(28)25(21)2)22(26)15-6-8-17-19(13-15)32-11-10-31-17/h5-8,12-13,21,26H,4,9-11H2,1-3H3/b22-20+. The summed E-state index contributed by atoms with van der Waals surface area (Å²) in [4.78, 5) is 26.7. The summed E-state index contributed by atoms with van der Waals surface area (Å²) < 4.78 is 22.3. The van der Waals surface area contributed by atoms with Gasteiger partial charge >= 0.3 is 0 Å². The van der Waals surface area contributed by atoms with Gasteiger partial charge < -0.3 is 29.0 Å². The number of likely N-dealkylation sites (N-methyl/N-ethyl adjacent to an activating group) is 1. The van der Waals surface area contributed by atoms with Gasteiger partial charge in [-0.2, -0.15) is 0 Å². The summed E-state index contributed by atoms with van der Waals surface area (Å²) in [5.41, 5.74) is 0.977. The molecule has 8 nitrogen and oxygen atoms in total. The third-order valence-electron chi connectivity index (χ3n) is 5.46. The number of Topliss-reactive ketones (excluding diaryl/α,β-unsaturated/α-hetero) is 1. The SMILES string of the molecule is CCCOc1ccc(C2/C(=C(\O)c3ccc4c(c3)OCCO4)C(=O)C(=O)N2C)cc1OC. The van der Waals surface area contributed by atoms with Crippen molar-refractivity contribution in [3.05, 3.63) is 53.1 Å². The summed E-state index contributed by atoms with van der Waals surface area (Å²) >= 11 is 0. The summed E-state index contributed by atoms with van der Waals surface area (Å²) in [7, 11) is 3.05. The lowest BCUT2D eigenvalue weighted by Gasteiger charge is -2.23. The number of carbonyl (C=O) groups is 2. The maximum Gasteiger partial charge on any atom is 0.295 e. The van der Waals surface area contributed by atoms with Crippen LogP contribution < -0.4 is 18.9 Å². The van der Waals surface area contributed by atoms with Crippen molar-refractivity contribution in [2.24, 2.45) is 0 Å². The van der Waals surface area contributed by atoms with Crippen LogP contribution in [-0.4, -0.2) is 55.7 Å². The first-order valence-corrected chi connectivity index (χ1v) is 10.4. The topological polar surface area (TPSA) is 94.5 Å². The van der Waals surface area contributed by atoms with Gasteiger partial charge in [0.2, 0.25) is 0 Å². The molecule has 0 spiro atoms. The van der Waals surface area contributed by atoms with Gasteiger partial charge in [-0.25, -0.2) is 0 Å². The van der Waals surface area contributed by atoms with Crippen molar-refractivity contribution in [2.75, 3.05) is 34.0 Å². The number of carbonyl (C=O) groups excluding carboxylic acids is 2. The molecule has 1 N–H and O–H groups in total. The van der Waals surface area contributed by atoms with Crippen LogP contribution in [0.4, 0.5) is 0 Å². The number of methoxy groups -OCH3 is 1. The number of hydrogen-bond acceptors (Lipinski definition) is 7. The van der Waals surface area contributed by atoms with Crippen LogP contribution >= 0.6 is 0 Å². The van der Waals surface area contributed by atoms with Crippen molar-refractivity contribution >= 4 is 17.4 Å². The predicted octanol–water partition coefficient (Wildman–Crippen LogP) is 3.31. The number of hydrogen-bond donors (Lipinski definition) is 1. The minimum absolute atomic E-state index is 0.00143. The summed E-state index contributed by atoms with van der Waals surface area (Å²) in [5.74, 6) is 0.358. The van der Waals surface area contributed by atoms with Gasteiger partial charge in [-0.05, 0) is 42.3 Å². The fraction of sp³-hybridized carbons (Fsp3) is 0.333. The molecule has 1 saturated heterocycles. The van der Waals surface area contributed by atoms with Gasteiger partial charge in [-0.3, -0.25) is 9.59 Å². The number of benzene rings is 2. The molecule has 0 aliphatic carbocycles. The van der Waals surface area contributed by atoms with E-state index in [0.717, 1.165) is 6.42 Å². The number of fused-ring (bicyclic) bond motifs is 1. The van der Waals surface area contributed by atoms with Crippen LogP contribution in [0, 0.1) is 0 Å². The molecule has 168 valence electrons. The first-order valence-electron chi connectivity index (χ1n) is 10.4. The number of nitrogens with zero attached hydrogens (tertiary/aromatic N) is 1. The lowest BCUT2D eigenvalue weighted by molar-refractivity contribution is -0.139. The minimum Gasteiger partial charge on any atom is -0.507 e. The molecule has 2 aromatic rings. The maximum absolute atomic E-state index is 12.8. The molecule has 0 saturated carbocycles. The van der Waals surface area contributed by atoms with E-state index in [2.05, 4.69) is 0 Å².